The Morgan fingerprint density at radius 2 is 1.71 bits per heavy atom. The van der Waals surface area contributed by atoms with Crippen molar-refractivity contribution < 1.29 is 9.53 Å². The molecule has 0 atom stereocenters. The number of hydrogen-bond donors (Lipinski definition) is 1. The normalized spacial score (nSPS) is 17.9. The van der Waals surface area contributed by atoms with Gasteiger partial charge in [-0.3, -0.25) is 0 Å². The Balaban J connectivity index is 1.28. The zero-order valence-corrected chi connectivity index (χ0v) is 20.0. The number of aliphatic imine (C=N–C) groups is 2. The number of fused-ring (bicyclic) bond motifs is 1. The summed E-state index contributed by atoms with van der Waals surface area (Å²) in [5, 5.41) is 2.08. The Labute approximate surface area is 205 Å². The second kappa shape index (κ2) is 9.62. The number of carbonyl (C=O) groups excluding carboxylic acids is 1. The largest absolute Gasteiger partial charge is 0.402 e. The molecule has 0 radical (unpaired) electrons. The van der Waals surface area contributed by atoms with Crippen LogP contribution in [-0.2, 0) is 9.53 Å². The van der Waals surface area contributed by atoms with Crippen LogP contribution >= 0.6 is 0 Å². The topological polar surface area (TPSA) is 83.5 Å². The summed E-state index contributed by atoms with van der Waals surface area (Å²) in [4.78, 5) is 25.9. The molecule has 7 nitrogen and oxygen atoms in total. The number of hydrogen-bond acceptors (Lipinski definition) is 5. The lowest BCUT2D eigenvalue weighted by Crippen LogP contribution is -2.49. The lowest BCUT2D eigenvalue weighted by atomic mass is 10.0. The van der Waals surface area contributed by atoms with Crippen molar-refractivity contribution in [2.45, 2.75) is 19.8 Å². The van der Waals surface area contributed by atoms with E-state index in [1.165, 1.54) is 5.56 Å². The molecule has 0 bridgehead atoms. The molecule has 0 spiro atoms. The SMILES string of the molecule is CC(C)c1ccccc1N=C(N)N1CCN(C=C2N=C(c3cccc4ccccc34)OC2=O)CC1. The molecule has 0 aliphatic carbocycles. The highest BCUT2D eigenvalue weighted by Crippen LogP contribution is 2.27. The van der Waals surface area contributed by atoms with E-state index in [1.54, 1.807) is 6.20 Å². The van der Waals surface area contributed by atoms with Crippen LogP contribution in [0.5, 0.6) is 0 Å². The lowest BCUT2D eigenvalue weighted by molar-refractivity contribution is -0.130. The summed E-state index contributed by atoms with van der Waals surface area (Å²) >= 11 is 0. The molecule has 2 aliphatic heterocycles. The van der Waals surface area contributed by atoms with E-state index >= 15 is 0 Å². The van der Waals surface area contributed by atoms with Crippen molar-refractivity contribution in [1.82, 2.24) is 9.80 Å². The summed E-state index contributed by atoms with van der Waals surface area (Å²) in [5.41, 5.74) is 9.57. The van der Waals surface area contributed by atoms with Gasteiger partial charge in [0.25, 0.3) is 0 Å². The second-order valence-corrected chi connectivity index (χ2v) is 9.05. The van der Waals surface area contributed by atoms with E-state index in [-0.39, 0.29) is 0 Å². The molecule has 2 aliphatic rings. The fourth-order valence-electron chi connectivity index (χ4n) is 4.45. The molecule has 3 aromatic carbocycles. The maximum atomic E-state index is 12.5. The van der Waals surface area contributed by atoms with Crippen LogP contribution in [0, 0.1) is 0 Å². The lowest BCUT2D eigenvalue weighted by Gasteiger charge is -2.34. The fourth-order valence-corrected chi connectivity index (χ4v) is 4.45. The molecular weight excluding hydrogens is 438 g/mol. The number of esters is 1. The summed E-state index contributed by atoms with van der Waals surface area (Å²) in [6.45, 7) is 7.13. The van der Waals surface area contributed by atoms with Crippen LogP contribution in [0.4, 0.5) is 5.69 Å². The number of nitrogens with zero attached hydrogens (tertiary/aromatic N) is 4. The molecule has 0 saturated carbocycles. The number of cyclic esters (lactones) is 1. The van der Waals surface area contributed by atoms with Crippen LogP contribution in [0.2, 0.25) is 0 Å². The summed E-state index contributed by atoms with van der Waals surface area (Å²) in [6.07, 6.45) is 1.79. The number of carbonyl (C=O) groups is 1. The van der Waals surface area contributed by atoms with E-state index in [0.29, 0.717) is 49.7 Å². The Morgan fingerprint density at radius 3 is 2.51 bits per heavy atom. The predicted molar refractivity (Wildman–Crippen MR) is 140 cm³/mol. The minimum Gasteiger partial charge on any atom is -0.402 e. The van der Waals surface area contributed by atoms with Crippen molar-refractivity contribution in [3.8, 4) is 0 Å². The number of piperazine rings is 1. The second-order valence-electron chi connectivity index (χ2n) is 9.05. The molecular formula is C28H29N5O2. The van der Waals surface area contributed by atoms with Gasteiger partial charge in [-0.05, 0) is 34.4 Å². The highest BCUT2D eigenvalue weighted by atomic mass is 16.6. The minimum atomic E-state index is -0.429. The number of benzene rings is 3. The molecule has 2 N–H and O–H groups in total. The van der Waals surface area contributed by atoms with Crippen LogP contribution in [0.1, 0.15) is 30.9 Å². The van der Waals surface area contributed by atoms with Crippen LogP contribution in [-0.4, -0.2) is 53.8 Å². The van der Waals surface area contributed by atoms with E-state index in [9.17, 15) is 4.79 Å². The number of guanidine groups is 1. The Morgan fingerprint density at radius 1 is 1.00 bits per heavy atom. The van der Waals surface area contributed by atoms with E-state index in [1.807, 2.05) is 60.7 Å². The van der Waals surface area contributed by atoms with E-state index in [4.69, 9.17) is 15.5 Å². The molecule has 1 saturated heterocycles. The van der Waals surface area contributed by atoms with Crippen molar-refractivity contribution in [3.05, 3.63) is 89.8 Å². The van der Waals surface area contributed by atoms with Crippen molar-refractivity contribution in [2.24, 2.45) is 15.7 Å². The first-order valence-corrected chi connectivity index (χ1v) is 11.9. The maximum absolute atomic E-state index is 12.5. The molecule has 7 heteroatoms. The van der Waals surface area contributed by atoms with Crippen LogP contribution in [0.3, 0.4) is 0 Å². The van der Waals surface area contributed by atoms with Crippen LogP contribution in [0.15, 0.2) is 88.6 Å². The standard InChI is InChI=1S/C28H29N5O2/c1-19(2)21-10-5-6-13-24(21)31-28(29)33-16-14-32(15-17-33)18-25-27(34)35-26(30-25)23-12-7-9-20-8-3-4-11-22(20)23/h3-13,18-19H,14-17H2,1-2H3,(H2,29,31). The summed E-state index contributed by atoms with van der Waals surface area (Å²) < 4.78 is 5.53. The Hall–Kier alpha value is -4.13. The molecule has 35 heavy (non-hydrogen) atoms. The first kappa shape index (κ1) is 22.7. The molecule has 0 amide bonds. The van der Waals surface area contributed by atoms with Gasteiger partial charge in [0.05, 0.1) is 5.69 Å². The zero-order chi connectivity index (χ0) is 24.4. The molecule has 0 aromatic heterocycles. The Kier molecular flexibility index (Phi) is 6.23. The molecule has 3 aromatic rings. The third kappa shape index (κ3) is 4.75. The summed E-state index contributed by atoms with van der Waals surface area (Å²) in [7, 11) is 0. The first-order valence-electron chi connectivity index (χ1n) is 11.9. The van der Waals surface area contributed by atoms with Gasteiger partial charge in [-0.2, -0.15) is 0 Å². The van der Waals surface area contributed by atoms with Gasteiger partial charge < -0.3 is 20.3 Å². The average molecular weight is 468 g/mol. The highest BCUT2D eigenvalue weighted by Gasteiger charge is 2.27. The van der Waals surface area contributed by atoms with Crippen LogP contribution in [0.25, 0.3) is 10.8 Å². The van der Waals surface area contributed by atoms with E-state index in [2.05, 4.69) is 34.7 Å². The van der Waals surface area contributed by atoms with Crippen LogP contribution < -0.4 is 5.73 Å². The van der Waals surface area contributed by atoms with Gasteiger partial charge in [0.1, 0.15) is 0 Å². The van der Waals surface area contributed by atoms with Gasteiger partial charge in [-0.25, -0.2) is 14.8 Å². The van der Waals surface area contributed by atoms with Gasteiger partial charge >= 0.3 is 5.97 Å². The number of para-hydroxylation sites is 1. The summed E-state index contributed by atoms with van der Waals surface area (Å²) in [6, 6.07) is 22.0. The minimum absolute atomic E-state index is 0.314. The average Bonchev–Trinajstić information content (AvgIpc) is 3.24. The highest BCUT2D eigenvalue weighted by molar-refractivity contribution is 6.16. The zero-order valence-electron chi connectivity index (χ0n) is 20.0. The van der Waals surface area contributed by atoms with E-state index < -0.39 is 5.97 Å². The number of rotatable bonds is 4. The third-order valence-electron chi connectivity index (χ3n) is 6.38. The quantitative estimate of drug-likeness (QED) is 0.267. The van der Waals surface area contributed by atoms with E-state index in [0.717, 1.165) is 22.0 Å². The molecule has 1 fully saturated rings. The molecule has 2 heterocycles. The van der Waals surface area contributed by atoms with Crippen molar-refractivity contribution in [2.75, 3.05) is 26.2 Å². The Bertz CT molecular complexity index is 1340. The number of nitrogens with two attached hydrogens (primary N) is 1. The molecule has 5 rings (SSSR count). The fraction of sp³-hybridized carbons (Fsp3) is 0.250. The van der Waals surface area contributed by atoms with Gasteiger partial charge in [0.2, 0.25) is 5.90 Å². The first-order chi connectivity index (χ1) is 17.0. The maximum Gasteiger partial charge on any atom is 0.365 e. The van der Waals surface area contributed by atoms with Crippen molar-refractivity contribution in [1.29, 1.82) is 0 Å². The predicted octanol–water partition coefficient (Wildman–Crippen LogP) is 4.37. The number of ether oxygens (including phenoxy) is 1. The monoisotopic (exact) mass is 467 g/mol. The molecule has 0 unspecified atom stereocenters. The smallest absolute Gasteiger partial charge is 0.365 e. The third-order valence-corrected chi connectivity index (χ3v) is 6.38. The van der Waals surface area contributed by atoms with Gasteiger partial charge in [-0.15, -0.1) is 0 Å². The van der Waals surface area contributed by atoms with Gasteiger partial charge in [-0.1, -0.05) is 68.4 Å². The van der Waals surface area contributed by atoms with Gasteiger partial charge in [0.15, 0.2) is 11.7 Å². The van der Waals surface area contributed by atoms with Crippen molar-refractivity contribution in [3.63, 3.8) is 0 Å². The molecule has 178 valence electrons. The van der Waals surface area contributed by atoms with Gasteiger partial charge in [0, 0.05) is 37.9 Å². The summed E-state index contributed by atoms with van der Waals surface area (Å²) in [5.74, 6) is 0.803. The van der Waals surface area contributed by atoms with Crippen molar-refractivity contribution >= 4 is 34.3 Å².